The standard InChI is InChI=1S/C29H40N2O12Si2/c1-39-44(6,40-2)15-7-13-30-26(33)23-17-19(9-11-21(23)28(35)36)25(32)20-10-12-22(29(37)38)24(18-20)27(34)31-14-8-16-45(41-3,42-4)43-5/h9-12,17-18H,7-8,13-16H2,1-6H3,(H,30,33)(H,31,34)(H,35,36)(H,37,38). The van der Waals surface area contributed by atoms with Crippen molar-refractivity contribution in [2.75, 3.05) is 48.6 Å². The van der Waals surface area contributed by atoms with E-state index in [9.17, 15) is 34.2 Å². The van der Waals surface area contributed by atoms with Crippen LogP contribution in [0.15, 0.2) is 36.4 Å². The highest BCUT2D eigenvalue weighted by molar-refractivity contribution is 6.65. The van der Waals surface area contributed by atoms with E-state index in [1.165, 1.54) is 33.5 Å². The highest BCUT2D eigenvalue weighted by Gasteiger charge is 2.37. The normalized spacial score (nSPS) is 11.6. The Morgan fingerprint density at radius 1 is 0.622 bits per heavy atom. The molecule has 2 amide bonds. The number of carboxylic acid groups (broad SMARTS) is 2. The number of rotatable bonds is 19. The van der Waals surface area contributed by atoms with Gasteiger partial charge in [-0.3, -0.25) is 14.4 Å². The first kappa shape index (κ1) is 37.4. The molecule has 0 bridgehead atoms. The van der Waals surface area contributed by atoms with Crippen molar-refractivity contribution in [3.8, 4) is 0 Å². The molecule has 14 nitrogen and oxygen atoms in total. The summed E-state index contributed by atoms with van der Waals surface area (Å²) in [6.45, 7) is 2.24. The van der Waals surface area contributed by atoms with Crippen LogP contribution in [0.1, 0.15) is 70.2 Å². The number of ketones is 1. The van der Waals surface area contributed by atoms with Gasteiger partial charge in [0.05, 0.1) is 22.3 Å². The fourth-order valence-electron chi connectivity index (χ4n) is 4.44. The number of carbonyl (C=O) groups is 5. The first-order valence-corrected chi connectivity index (χ1v) is 18.4. The number of benzene rings is 2. The van der Waals surface area contributed by atoms with E-state index in [0.29, 0.717) is 24.9 Å². The molecule has 4 N–H and O–H groups in total. The van der Waals surface area contributed by atoms with Crippen molar-refractivity contribution in [1.29, 1.82) is 0 Å². The van der Waals surface area contributed by atoms with Gasteiger partial charge in [-0.05, 0) is 49.7 Å². The lowest BCUT2D eigenvalue weighted by molar-refractivity contribution is 0.0682. The molecule has 16 heteroatoms. The predicted octanol–water partition coefficient (Wildman–Crippen LogP) is 2.80. The lowest BCUT2D eigenvalue weighted by Crippen LogP contribution is -2.43. The molecular formula is C29H40N2O12Si2. The number of hydrogen-bond acceptors (Lipinski definition) is 10. The van der Waals surface area contributed by atoms with E-state index in [-0.39, 0.29) is 46.5 Å². The molecule has 0 spiro atoms. The SMILES string of the molecule is CO[Si](C)(CCCNC(=O)c1cc(C(=O)c2ccc(C(=O)O)c(C(=O)NCCC[Si](OC)(OC)OC)c2)ccc1C(=O)O)OC. The van der Waals surface area contributed by atoms with Crippen LogP contribution >= 0.6 is 0 Å². The van der Waals surface area contributed by atoms with Gasteiger partial charge < -0.3 is 43.0 Å². The lowest BCUT2D eigenvalue weighted by atomic mass is 9.95. The van der Waals surface area contributed by atoms with E-state index in [1.54, 1.807) is 14.2 Å². The minimum absolute atomic E-state index is 0.0293. The van der Waals surface area contributed by atoms with Gasteiger partial charge in [0.1, 0.15) is 0 Å². The van der Waals surface area contributed by atoms with E-state index in [0.717, 1.165) is 24.3 Å². The zero-order chi connectivity index (χ0) is 33.8. The molecule has 0 radical (unpaired) electrons. The zero-order valence-electron chi connectivity index (χ0n) is 26.2. The third-order valence-corrected chi connectivity index (χ3v) is 13.2. The summed E-state index contributed by atoms with van der Waals surface area (Å²) in [7, 11) is 2.29. The first-order valence-electron chi connectivity index (χ1n) is 13.9. The molecule has 0 fully saturated rings. The summed E-state index contributed by atoms with van der Waals surface area (Å²) in [5, 5.41) is 24.6. The van der Waals surface area contributed by atoms with E-state index in [2.05, 4.69) is 10.6 Å². The second-order valence-electron chi connectivity index (χ2n) is 10.0. The van der Waals surface area contributed by atoms with Gasteiger partial charge in [0.25, 0.3) is 11.8 Å². The summed E-state index contributed by atoms with van der Waals surface area (Å²) in [6, 6.07) is 8.07. The number of carbonyl (C=O) groups excluding carboxylic acids is 3. The van der Waals surface area contributed by atoms with Gasteiger partial charge >= 0.3 is 29.3 Å². The molecule has 0 heterocycles. The maximum atomic E-state index is 13.4. The van der Waals surface area contributed by atoms with Gasteiger partial charge in [0, 0.05) is 65.8 Å². The highest BCUT2D eigenvalue weighted by atomic mass is 28.4. The summed E-state index contributed by atoms with van der Waals surface area (Å²) in [5.74, 6) is -4.78. The summed E-state index contributed by atoms with van der Waals surface area (Å²) >= 11 is 0. The van der Waals surface area contributed by atoms with Crippen molar-refractivity contribution in [3.05, 3.63) is 69.8 Å². The first-order chi connectivity index (χ1) is 21.3. The molecule has 2 rings (SSSR count). The Hall–Kier alpha value is -3.78. The zero-order valence-corrected chi connectivity index (χ0v) is 28.2. The Morgan fingerprint density at radius 2 is 1.02 bits per heavy atom. The number of carboxylic acids is 2. The molecule has 0 aliphatic carbocycles. The van der Waals surface area contributed by atoms with E-state index < -0.39 is 46.9 Å². The van der Waals surface area contributed by atoms with Crippen LogP contribution in [0.25, 0.3) is 0 Å². The number of nitrogens with one attached hydrogen (secondary N) is 2. The summed E-state index contributed by atoms with van der Waals surface area (Å²) < 4.78 is 26.9. The number of aromatic carboxylic acids is 2. The Morgan fingerprint density at radius 3 is 1.38 bits per heavy atom. The number of amides is 2. The molecule has 45 heavy (non-hydrogen) atoms. The molecular weight excluding hydrogens is 624 g/mol. The third kappa shape index (κ3) is 9.85. The number of hydrogen-bond donors (Lipinski definition) is 4. The van der Waals surface area contributed by atoms with Crippen LogP contribution in [-0.4, -0.2) is 106 Å². The van der Waals surface area contributed by atoms with Crippen molar-refractivity contribution in [3.63, 3.8) is 0 Å². The fraction of sp³-hybridized carbons (Fsp3) is 0.414. The van der Waals surface area contributed by atoms with E-state index in [4.69, 9.17) is 22.1 Å². The minimum atomic E-state index is -2.87. The fourth-order valence-corrected chi connectivity index (χ4v) is 7.55. The maximum Gasteiger partial charge on any atom is 0.500 e. The maximum absolute atomic E-state index is 13.4. The monoisotopic (exact) mass is 664 g/mol. The van der Waals surface area contributed by atoms with E-state index >= 15 is 0 Å². The molecule has 0 aliphatic heterocycles. The van der Waals surface area contributed by atoms with Crippen LogP contribution in [0.4, 0.5) is 0 Å². The quantitative estimate of drug-likeness (QED) is 0.0975. The van der Waals surface area contributed by atoms with Crippen molar-refractivity contribution in [1.82, 2.24) is 10.6 Å². The molecule has 0 atom stereocenters. The summed E-state index contributed by atoms with van der Waals surface area (Å²) in [6.07, 6.45) is 0.932. The summed E-state index contributed by atoms with van der Waals surface area (Å²) in [4.78, 5) is 63.1. The van der Waals surface area contributed by atoms with Gasteiger partial charge in [-0.1, -0.05) is 12.1 Å². The van der Waals surface area contributed by atoms with Crippen LogP contribution in [0.5, 0.6) is 0 Å². The van der Waals surface area contributed by atoms with Crippen LogP contribution in [0, 0.1) is 0 Å². The molecule has 0 saturated heterocycles. The van der Waals surface area contributed by atoms with Crippen LogP contribution < -0.4 is 10.6 Å². The second kappa shape index (κ2) is 17.1. The second-order valence-corrected chi connectivity index (χ2v) is 16.7. The Balaban J connectivity index is 2.28. The van der Waals surface area contributed by atoms with Crippen molar-refractivity contribution in [2.24, 2.45) is 0 Å². The largest absolute Gasteiger partial charge is 0.500 e. The highest BCUT2D eigenvalue weighted by Crippen LogP contribution is 2.20. The van der Waals surface area contributed by atoms with Gasteiger partial charge in [-0.25, -0.2) is 9.59 Å². The van der Waals surface area contributed by atoms with Crippen LogP contribution in [0.2, 0.25) is 18.6 Å². The molecule has 0 unspecified atom stereocenters. The average Bonchev–Trinajstić information content (AvgIpc) is 3.05. The smallest absolute Gasteiger partial charge is 0.478 e. The third-order valence-electron chi connectivity index (χ3n) is 7.35. The lowest BCUT2D eigenvalue weighted by Gasteiger charge is -2.24. The summed E-state index contributed by atoms with van der Waals surface area (Å²) in [5.41, 5.74) is -1.16. The van der Waals surface area contributed by atoms with Crippen molar-refractivity contribution in [2.45, 2.75) is 31.5 Å². The molecule has 0 saturated carbocycles. The molecule has 2 aromatic carbocycles. The van der Waals surface area contributed by atoms with Crippen molar-refractivity contribution < 1.29 is 56.3 Å². The molecule has 246 valence electrons. The Bertz CT molecular complexity index is 1390. The molecule has 0 aromatic heterocycles. The van der Waals surface area contributed by atoms with Crippen molar-refractivity contribution >= 4 is 46.9 Å². The minimum Gasteiger partial charge on any atom is -0.478 e. The van der Waals surface area contributed by atoms with Gasteiger partial charge in [0.2, 0.25) is 0 Å². The van der Waals surface area contributed by atoms with Gasteiger partial charge in [0.15, 0.2) is 5.78 Å². The Kier molecular flexibility index (Phi) is 14.2. The molecule has 2 aromatic rings. The molecule has 0 aliphatic rings. The topological polar surface area (TPSA) is 196 Å². The van der Waals surface area contributed by atoms with Gasteiger partial charge in [-0.2, -0.15) is 0 Å². The Labute approximate surface area is 263 Å². The average molecular weight is 665 g/mol. The van der Waals surface area contributed by atoms with Crippen LogP contribution in [0.3, 0.4) is 0 Å². The van der Waals surface area contributed by atoms with Gasteiger partial charge in [-0.15, -0.1) is 0 Å². The van der Waals surface area contributed by atoms with Crippen LogP contribution in [-0.2, 0) is 22.1 Å². The predicted molar refractivity (Wildman–Crippen MR) is 166 cm³/mol. The van der Waals surface area contributed by atoms with E-state index in [1.807, 2.05) is 6.55 Å².